The highest BCUT2D eigenvalue weighted by Gasteiger charge is 2.76. The lowest BCUT2D eigenvalue weighted by molar-refractivity contribution is -0.143. The van der Waals surface area contributed by atoms with Crippen molar-refractivity contribution in [1.82, 2.24) is 0 Å². The topological polar surface area (TPSA) is 71.4 Å². The van der Waals surface area contributed by atoms with Crippen molar-refractivity contribution in [3.8, 4) is 0 Å². The molecular formula is C21H28O4. The first-order valence-electron chi connectivity index (χ1n) is 9.06. The second-order valence-electron chi connectivity index (χ2n) is 9.39. The Balaban J connectivity index is 2.31. The maximum Gasteiger partial charge on any atom is 0.183 e. The van der Waals surface area contributed by atoms with E-state index < -0.39 is 22.5 Å². The summed E-state index contributed by atoms with van der Waals surface area (Å²) >= 11 is 0. The quantitative estimate of drug-likeness (QED) is 0.480. The Morgan fingerprint density at radius 1 is 1.20 bits per heavy atom. The van der Waals surface area contributed by atoms with Gasteiger partial charge in [-0.25, -0.2) is 0 Å². The summed E-state index contributed by atoms with van der Waals surface area (Å²) in [4.78, 5) is 39.1. The third-order valence-electron chi connectivity index (χ3n) is 7.19. The fourth-order valence-electron chi connectivity index (χ4n) is 5.78. The number of aliphatic hydroxyl groups is 1. The fourth-order valence-corrected chi connectivity index (χ4v) is 5.78. The van der Waals surface area contributed by atoms with Gasteiger partial charge in [-0.05, 0) is 43.9 Å². The maximum atomic E-state index is 13.4. The van der Waals surface area contributed by atoms with Gasteiger partial charge in [-0.2, -0.15) is 0 Å². The molecule has 1 spiro atoms. The van der Waals surface area contributed by atoms with Crippen molar-refractivity contribution in [2.24, 2.45) is 34.0 Å². The number of ketones is 3. The molecular weight excluding hydrogens is 316 g/mol. The largest absolute Gasteiger partial charge is 0.510 e. The summed E-state index contributed by atoms with van der Waals surface area (Å²) in [5.74, 6) is -1.83. The van der Waals surface area contributed by atoms with Gasteiger partial charge in [-0.3, -0.25) is 14.4 Å². The number of hydrogen-bond acceptors (Lipinski definition) is 4. The van der Waals surface area contributed by atoms with Crippen LogP contribution in [0, 0.1) is 34.0 Å². The molecule has 136 valence electrons. The van der Waals surface area contributed by atoms with Crippen molar-refractivity contribution < 1.29 is 19.5 Å². The first-order valence-corrected chi connectivity index (χ1v) is 9.06. The molecule has 1 unspecified atom stereocenters. The Labute approximate surface area is 149 Å². The molecule has 0 saturated heterocycles. The van der Waals surface area contributed by atoms with Crippen LogP contribution in [0.4, 0.5) is 0 Å². The summed E-state index contributed by atoms with van der Waals surface area (Å²) in [6, 6.07) is 0. The highest BCUT2D eigenvalue weighted by Crippen LogP contribution is 2.72. The number of aliphatic hydroxyl groups excluding tert-OH is 1. The first-order chi connectivity index (χ1) is 11.3. The Morgan fingerprint density at radius 3 is 2.24 bits per heavy atom. The van der Waals surface area contributed by atoms with E-state index in [0.717, 1.165) is 5.57 Å². The van der Waals surface area contributed by atoms with Gasteiger partial charge in [-0.1, -0.05) is 39.8 Å². The molecule has 2 saturated carbocycles. The van der Waals surface area contributed by atoms with Crippen LogP contribution in [0.5, 0.6) is 0 Å². The Bertz CT molecular complexity index is 754. The van der Waals surface area contributed by atoms with Crippen molar-refractivity contribution in [3.63, 3.8) is 0 Å². The predicted molar refractivity (Wildman–Crippen MR) is 94.9 cm³/mol. The Morgan fingerprint density at radius 2 is 1.76 bits per heavy atom. The van der Waals surface area contributed by atoms with Gasteiger partial charge >= 0.3 is 0 Å². The molecule has 0 aromatic heterocycles. The zero-order valence-electron chi connectivity index (χ0n) is 16.0. The summed E-state index contributed by atoms with van der Waals surface area (Å²) < 4.78 is 0. The van der Waals surface area contributed by atoms with E-state index >= 15 is 0 Å². The van der Waals surface area contributed by atoms with E-state index in [1.807, 2.05) is 6.92 Å². The summed E-state index contributed by atoms with van der Waals surface area (Å²) in [6.45, 7) is 15.3. The molecule has 4 nitrogen and oxygen atoms in total. The van der Waals surface area contributed by atoms with Crippen molar-refractivity contribution in [3.05, 3.63) is 23.5 Å². The molecule has 2 bridgehead atoms. The van der Waals surface area contributed by atoms with Crippen LogP contribution >= 0.6 is 0 Å². The van der Waals surface area contributed by atoms with Crippen LogP contribution < -0.4 is 0 Å². The molecule has 1 N–H and O–H groups in total. The van der Waals surface area contributed by atoms with Crippen molar-refractivity contribution in [2.75, 3.05) is 0 Å². The summed E-state index contributed by atoms with van der Waals surface area (Å²) in [6.07, 6.45) is 0.822. The SMILES string of the molecule is C=C(C)[C@@H]1CC23C(=O)[C@@](C)(C[C@H]2C1(C)C)C(=O)C(C(=O)C(C)C)=C3O. The zero-order valence-corrected chi connectivity index (χ0v) is 16.0. The molecule has 0 aromatic carbocycles. The van der Waals surface area contributed by atoms with Gasteiger partial charge in [0.2, 0.25) is 0 Å². The number of Topliss-reactive ketones (excluding diaryl/α,β-unsaturated/α-hetero) is 3. The summed E-state index contributed by atoms with van der Waals surface area (Å²) in [5, 5.41) is 11.1. The molecule has 0 amide bonds. The number of allylic oxidation sites excluding steroid dienone is 3. The number of carbonyl (C=O) groups excluding carboxylic acids is 3. The smallest absolute Gasteiger partial charge is 0.183 e. The monoisotopic (exact) mass is 344 g/mol. The molecule has 3 aliphatic rings. The van der Waals surface area contributed by atoms with E-state index in [1.54, 1.807) is 20.8 Å². The van der Waals surface area contributed by atoms with Crippen LogP contribution in [0.2, 0.25) is 0 Å². The van der Waals surface area contributed by atoms with Gasteiger partial charge in [0.15, 0.2) is 17.3 Å². The van der Waals surface area contributed by atoms with E-state index in [4.69, 9.17) is 0 Å². The molecule has 0 aliphatic heterocycles. The van der Waals surface area contributed by atoms with Crippen LogP contribution in [0.15, 0.2) is 23.5 Å². The summed E-state index contributed by atoms with van der Waals surface area (Å²) in [7, 11) is 0. The van der Waals surface area contributed by atoms with Crippen molar-refractivity contribution in [1.29, 1.82) is 0 Å². The van der Waals surface area contributed by atoms with Crippen LogP contribution in [-0.2, 0) is 14.4 Å². The van der Waals surface area contributed by atoms with Gasteiger partial charge in [0, 0.05) is 5.92 Å². The van der Waals surface area contributed by atoms with Gasteiger partial charge in [-0.15, -0.1) is 0 Å². The second kappa shape index (κ2) is 4.93. The molecule has 3 rings (SSSR count). The fraction of sp³-hybridized carbons (Fsp3) is 0.667. The Hall–Kier alpha value is -1.71. The number of rotatable bonds is 3. The average Bonchev–Trinajstić information content (AvgIpc) is 2.85. The minimum absolute atomic E-state index is 0.0664. The van der Waals surface area contributed by atoms with Crippen molar-refractivity contribution in [2.45, 2.75) is 54.4 Å². The molecule has 0 radical (unpaired) electrons. The number of carbonyl (C=O) groups is 3. The molecule has 2 fully saturated rings. The van der Waals surface area contributed by atoms with Gasteiger partial charge in [0.25, 0.3) is 0 Å². The predicted octanol–water partition coefficient (Wildman–Crippen LogP) is 3.81. The third-order valence-corrected chi connectivity index (χ3v) is 7.19. The van der Waals surface area contributed by atoms with E-state index in [9.17, 15) is 19.5 Å². The lowest BCUT2D eigenvalue weighted by Gasteiger charge is -2.36. The van der Waals surface area contributed by atoms with E-state index in [2.05, 4.69) is 20.4 Å². The van der Waals surface area contributed by atoms with Gasteiger partial charge in [0.1, 0.15) is 11.3 Å². The molecule has 4 heteroatoms. The summed E-state index contributed by atoms with van der Waals surface area (Å²) in [5.41, 5.74) is -1.74. The highest BCUT2D eigenvalue weighted by atomic mass is 16.3. The maximum absolute atomic E-state index is 13.4. The lowest BCUT2D eigenvalue weighted by Crippen LogP contribution is -2.48. The molecule has 25 heavy (non-hydrogen) atoms. The normalized spacial score (nSPS) is 39.2. The molecule has 4 atom stereocenters. The van der Waals surface area contributed by atoms with E-state index in [-0.39, 0.29) is 40.1 Å². The number of fused-ring (bicyclic) bond motifs is 1. The van der Waals surface area contributed by atoms with Gasteiger partial charge in [0.05, 0.1) is 10.8 Å². The lowest BCUT2D eigenvalue weighted by atomic mass is 9.65. The minimum atomic E-state index is -1.20. The van der Waals surface area contributed by atoms with Crippen molar-refractivity contribution >= 4 is 17.3 Å². The highest BCUT2D eigenvalue weighted by molar-refractivity contribution is 6.32. The standard InChI is InChI=1S/C21H28O4/c1-10(2)12-8-21-13(19(12,5)6)9-20(7,18(21)25)16(23)14(17(21)24)15(22)11(3)4/h11-13,24H,1,8-9H2,2-7H3/t12-,13-,20-,21?/m0/s1. The molecule has 3 aliphatic carbocycles. The van der Waals surface area contributed by atoms with Crippen LogP contribution in [0.3, 0.4) is 0 Å². The van der Waals surface area contributed by atoms with E-state index in [1.165, 1.54) is 0 Å². The Kier molecular flexibility index (Phi) is 3.56. The average molecular weight is 344 g/mol. The van der Waals surface area contributed by atoms with Crippen LogP contribution in [0.25, 0.3) is 0 Å². The minimum Gasteiger partial charge on any atom is -0.510 e. The second-order valence-corrected chi connectivity index (χ2v) is 9.39. The van der Waals surface area contributed by atoms with Crippen LogP contribution in [-0.4, -0.2) is 22.5 Å². The van der Waals surface area contributed by atoms with Gasteiger partial charge < -0.3 is 5.11 Å². The molecule has 0 aromatic rings. The number of hydrogen-bond donors (Lipinski definition) is 1. The van der Waals surface area contributed by atoms with Crippen LogP contribution in [0.1, 0.15) is 54.4 Å². The van der Waals surface area contributed by atoms with E-state index in [0.29, 0.717) is 12.8 Å². The molecule has 0 heterocycles. The third kappa shape index (κ3) is 1.86. The zero-order chi connectivity index (χ0) is 19.1. The first kappa shape index (κ1) is 18.1.